The number of benzene rings is 1. The van der Waals surface area contributed by atoms with Gasteiger partial charge in [-0.2, -0.15) is 5.10 Å². The van der Waals surface area contributed by atoms with Gasteiger partial charge in [0.2, 0.25) is 5.91 Å². The molecule has 1 aromatic carbocycles. The van der Waals surface area contributed by atoms with Gasteiger partial charge in [-0.3, -0.25) is 14.7 Å². The number of carbonyl (C=O) groups excluding carboxylic acids is 2. The summed E-state index contributed by atoms with van der Waals surface area (Å²) in [6.45, 7) is 2.54. The minimum Gasteiger partial charge on any atom is -0.497 e. The fourth-order valence-corrected chi connectivity index (χ4v) is 3.04. The lowest BCUT2D eigenvalue weighted by Gasteiger charge is -2.22. The molecule has 26 heavy (non-hydrogen) atoms. The Morgan fingerprint density at radius 2 is 2.31 bits per heavy atom. The molecule has 9 heteroatoms. The number of alkyl halides is 2. The van der Waals surface area contributed by atoms with Crippen molar-refractivity contribution >= 4 is 22.7 Å². The van der Waals surface area contributed by atoms with E-state index in [1.54, 1.807) is 18.2 Å². The minimum absolute atomic E-state index is 0.105. The number of methoxy groups -OCH3 is 1. The van der Waals surface area contributed by atoms with E-state index in [0.717, 1.165) is 11.0 Å². The van der Waals surface area contributed by atoms with Gasteiger partial charge in [0.1, 0.15) is 5.75 Å². The van der Waals surface area contributed by atoms with Crippen LogP contribution in [0.15, 0.2) is 30.9 Å². The molecule has 1 fully saturated rings. The van der Waals surface area contributed by atoms with Crippen molar-refractivity contribution in [3.05, 3.63) is 36.5 Å². The van der Waals surface area contributed by atoms with Crippen molar-refractivity contribution in [1.29, 1.82) is 0 Å². The van der Waals surface area contributed by atoms with Crippen LogP contribution < -0.4 is 10.1 Å². The number of aromatic amines is 1. The van der Waals surface area contributed by atoms with Crippen LogP contribution in [0.25, 0.3) is 10.9 Å². The molecule has 1 aliphatic rings. The molecule has 0 saturated carbocycles. The predicted octanol–water partition coefficient (Wildman–Crippen LogP) is 1.72. The number of hydrogen-bond donors (Lipinski definition) is 2. The Labute approximate surface area is 148 Å². The second kappa shape index (κ2) is 6.74. The predicted molar refractivity (Wildman–Crippen MR) is 90.2 cm³/mol. The highest BCUT2D eigenvalue weighted by Crippen LogP contribution is 2.32. The average molecular weight is 364 g/mol. The first kappa shape index (κ1) is 17.8. The third-order valence-electron chi connectivity index (χ3n) is 4.32. The Bertz CT molecular complexity index is 865. The Morgan fingerprint density at radius 3 is 3.00 bits per heavy atom. The molecule has 7 nitrogen and oxygen atoms in total. The lowest BCUT2D eigenvalue weighted by atomic mass is 10.1. The van der Waals surface area contributed by atoms with Gasteiger partial charge < -0.3 is 15.0 Å². The van der Waals surface area contributed by atoms with E-state index in [4.69, 9.17) is 4.74 Å². The number of carbonyl (C=O) groups is 2. The largest absolute Gasteiger partial charge is 0.497 e. The summed E-state index contributed by atoms with van der Waals surface area (Å²) in [7, 11) is 1.51. The van der Waals surface area contributed by atoms with Gasteiger partial charge in [0, 0.05) is 18.4 Å². The standard InChI is InChI=1S/C17H18F2N4O3/c1-3-14(24)23-9-17(18,19)7-10(23)8-20-16(25)15-12-6-11(26-2)4-5-13(12)21-22-15/h3-6,10H,1,7-9H2,2H3,(H,20,25)(H,21,22)/t10-/m0/s1. The number of H-pyrrole nitrogens is 1. The first-order valence-corrected chi connectivity index (χ1v) is 7.96. The van der Waals surface area contributed by atoms with Gasteiger partial charge >= 0.3 is 0 Å². The molecule has 138 valence electrons. The van der Waals surface area contributed by atoms with Crippen LogP contribution in [0.4, 0.5) is 8.78 Å². The molecule has 3 rings (SSSR count). The van der Waals surface area contributed by atoms with Crippen molar-refractivity contribution in [3.63, 3.8) is 0 Å². The van der Waals surface area contributed by atoms with Crippen LogP contribution in [0.5, 0.6) is 5.75 Å². The molecule has 2 N–H and O–H groups in total. The second-order valence-electron chi connectivity index (χ2n) is 6.08. The van der Waals surface area contributed by atoms with Crippen LogP contribution in [0.3, 0.4) is 0 Å². The van der Waals surface area contributed by atoms with Crippen molar-refractivity contribution in [2.45, 2.75) is 18.4 Å². The van der Waals surface area contributed by atoms with E-state index >= 15 is 0 Å². The maximum Gasteiger partial charge on any atom is 0.272 e. The summed E-state index contributed by atoms with van der Waals surface area (Å²) in [6, 6.07) is 4.30. The Balaban J connectivity index is 1.74. The maximum atomic E-state index is 13.7. The summed E-state index contributed by atoms with van der Waals surface area (Å²) >= 11 is 0. The van der Waals surface area contributed by atoms with E-state index in [2.05, 4.69) is 22.1 Å². The molecular weight excluding hydrogens is 346 g/mol. The van der Waals surface area contributed by atoms with Crippen LogP contribution in [0.1, 0.15) is 16.9 Å². The molecule has 1 aliphatic heterocycles. The zero-order valence-electron chi connectivity index (χ0n) is 14.1. The van der Waals surface area contributed by atoms with Crippen molar-refractivity contribution in [2.24, 2.45) is 0 Å². The number of halogens is 2. The third-order valence-corrected chi connectivity index (χ3v) is 4.32. The fourth-order valence-electron chi connectivity index (χ4n) is 3.04. The molecule has 2 aromatic rings. The summed E-state index contributed by atoms with van der Waals surface area (Å²) in [5.74, 6) is -3.53. The molecule has 2 amide bonds. The number of fused-ring (bicyclic) bond motifs is 1. The molecule has 1 saturated heterocycles. The van der Waals surface area contributed by atoms with Crippen LogP contribution in [0, 0.1) is 0 Å². The number of hydrogen-bond acceptors (Lipinski definition) is 4. The number of ether oxygens (including phenoxy) is 1. The maximum absolute atomic E-state index is 13.7. The zero-order chi connectivity index (χ0) is 18.9. The van der Waals surface area contributed by atoms with Crippen LogP contribution in [-0.2, 0) is 4.79 Å². The molecule has 2 heterocycles. The molecule has 0 radical (unpaired) electrons. The van der Waals surface area contributed by atoms with E-state index in [1.165, 1.54) is 7.11 Å². The van der Waals surface area contributed by atoms with Crippen LogP contribution in [-0.4, -0.2) is 59.1 Å². The highest BCUT2D eigenvalue weighted by Gasteiger charge is 2.46. The van der Waals surface area contributed by atoms with Crippen LogP contribution >= 0.6 is 0 Å². The number of nitrogens with zero attached hydrogens (tertiary/aromatic N) is 2. The molecule has 0 spiro atoms. The van der Waals surface area contributed by atoms with Crippen LogP contribution in [0.2, 0.25) is 0 Å². The van der Waals surface area contributed by atoms with Crippen molar-refractivity contribution in [3.8, 4) is 5.75 Å². The van der Waals surface area contributed by atoms with E-state index in [9.17, 15) is 18.4 Å². The van der Waals surface area contributed by atoms with Gasteiger partial charge in [-0.25, -0.2) is 8.78 Å². The smallest absolute Gasteiger partial charge is 0.272 e. The number of likely N-dealkylation sites (tertiary alicyclic amines) is 1. The first-order valence-electron chi connectivity index (χ1n) is 7.96. The highest BCUT2D eigenvalue weighted by atomic mass is 19.3. The minimum atomic E-state index is -2.99. The van der Waals surface area contributed by atoms with Gasteiger partial charge in [-0.1, -0.05) is 6.58 Å². The summed E-state index contributed by atoms with van der Waals surface area (Å²) in [6.07, 6.45) is 0.478. The normalized spacial score (nSPS) is 18.7. The van der Waals surface area contributed by atoms with E-state index in [-0.39, 0.29) is 12.2 Å². The molecule has 0 aliphatic carbocycles. The molecular formula is C17H18F2N4O3. The van der Waals surface area contributed by atoms with Crippen molar-refractivity contribution in [1.82, 2.24) is 20.4 Å². The quantitative estimate of drug-likeness (QED) is 0.791. The second-order valence-corrected chi connectivity index (χ2v) is 6.08. The Morgan fingerprint density at radius 1 is 1.54 bits per heavy atom. The zero-order valence-corrected chi connectivity index (χ0v) is 14.1. The molecule has 1 aromatic heterocycles. The summed E-state index contributed by atoms with van der Waals surface area (Å²) < 4.78 is 32.5. The van der Waals surface area contributed by atoms with Crippen molar-refractivity contribution in [2.75, 3.05) is 20.2 Å². The third kappa shape index (κ3) is 3.37. The van der Waals surface area contributed by atoms with Gasteiger partial charge in [-0.05, 0) is 24.3 Å². The van der Waals surface area contributed by atoms with E-state index in [0.29, 0.717) is 16.7 Å². The lowest BCUT2D eigenvalue weighted by molar-refractivity contribution is -0.127. The first-order chi connectivity index (χ1) is 12.3. The van der Waals surface area contributed by atoms with E-state index < -0.39 is 36.7 Å². The van der Waals surface area contributed by atoms with Crippen molar-refractivity contribution < 1.29 is 23.1 Å². The summed E-state index contributed by atoms with van der Waals surface area (Å²) in [4.78, 5) is 25.2. The lowest BCUT2D eigenvalue weighted by Crippen LogP contribution is -2.42. The number of rotatable bonds is 5. The van der Waals surface area contributed by atoms with E-state index in [1.807, 2.05) is 0 Å². The van der Waals surface area contributed by atoms with Gasteiger partial charge in [0.15, 0.2) is 5.69 Å². The Kier molecular flexibility index (Phi) is 4.62. The van der Waals surface area contributed by atoms with Gasteiger partial charge in [0.05, 0.1) is 25.2 Å². The Hall–Kier alpha value is -2.97. The SMILES string of the molecule is C=CC(=O)N1CC(F)(F)C[C@H]1CNC(=O)c1n[nH]c2ccc(OC)cc12. The average Bonchev–Trinajstić information content (AvgIpc) is 3.18. The molecule has 0 bridgehead atoms. The fraction of sp³-hybridized carbons (Fsp3) is 0.353. The van der Waals surface area contributed by atoms with Gasteiger partial charge in [-0.15, -0.1) is 0 Å². The number of nitrogens with one attached hydrogen (secondary N) is 2. The summed E-state index contributed by atoms with van der Waals surface area (Å²) in [5.41, 5.74) is 0.775. The van der Waals surface area contributed by atoms with Gasteiger partial charge in [0.25, 0.3) is 11.8 Å². The monoisotopic (exact) mass is 364 g/mol. The topological polar surface area (TPSA) is 87.3 Å². The molecule has 0 unspecified atom stereocenters. The summed E-state index contributed by atoms with van der Waals surface area (Å²) in [5, 5.41) is 9.84. The molecule has 1 atom stereocenters. The number of amides is 2. The number of aromatic nitrogens is 2. The highest BCUT2D eigenvalue weighted by molar-refractivity contribution is 6.05.